The van der Waals surface area contributed by atoms with Gasteiger partial charge in [0, 0.05) is 6.07 Å². The predicted octanol–water partition coefficient (Wildman–Crippen LogP) is 3.02. The van der Waals surface area contributed by atoms with Crippen molar-refractivity contribution in [2.24, 2.45) is 5.14 Å². The highest BCUT2D eigenvalue weighted by molar-refractivity contribution is 7.89. The van der Waals surface area contributed by atoms with Crippen molar-refractivity contribution in [2.75, 3.05) is 5.32 Å². The Kier molecular flexibility index (Phi) is 4.10. The second-order valence-corrected chi connectivity index (χ2v) is 6.85. The normalized spacial score (nSPS) is 16.8. The zero-order valence-electron chi connectivity index (χ0n) is 12.3. The van der Waals surface area contributed by atoms with Crippen molar-refractivity contribution < 1.29 is 21.6 Å². The van der Waals surface area contributed by atoms with Gasteiger partial charge in [0.1, 0.15) is 4.90 Å². The van der Waals surface area contributed by atoms with E-state index in [1.807, 2.05) is 18.2 Å². The number of fused-ring (bicyclic) bond motifs is 1. The summed E-state index contributed by atoms with van der Waals surface area (Å²) in [6.45, 7) is 0. The van der Waals surface area contributed by atoms with Crippen LogP contribution in [-0.4, -0.2) is 8.42 Å². The van der Waals surface area contributed by atoms with Crippen LogP contribution in [0.25, 0.3) is 0 Å². The summed E-state index contributed by atoms with van der Waals surface area (Å²) in [6, 6.07) is 6.94. The summed E-state index contributed by atoms with van der Waals surface area (Å²) < 4.78 is 64.7. The van der Waals surface area contributed by atoms with Gasteiger partial charge in [0.2, 0.25) is 10.0 Å². The Hall–Kier alpha value is -2.32. The van der Waals surface area contributed by atoms with Gasteiger partial charge in [0.25, 0.3) is 0 Å². The fourth-order valence-electron chi connectivity index (χ4n) is 2.71. The molecule has 1 aliphatic carbocycles. The first-order valence-electron chi connectivity index (χ1n) is 7.00. The number of nitrogens with one attached hydrogen (secondary N) is 1. The monoisotopic (exact) mass is 354 g/mol. The van der Waals surface area contributed by atoms with E-state index in [9.17, 15) is 21.6 Å². The molecule has 24 heavy (non-hydrogen) atoms. The summed E-state index contributed by atoms with van der Waals surface area (Å²) in [7, 11) is -4.68. The largest absolute Gasteiger partial charge is 0.371 e. The van der Waals surface area contributed by atoms with Gasteiger partial charge in [-0.05, 0) is 17.5 Å². The number of hydrogen-bond donors (Lipinski definition) is 2. The van der Waals surface area contributed by atoms with Crippen LogP contribution in [0.3, 0.4) is 0 Å². The number of allylic oxidation sites excluding steroid dienone is 1. The highest BCUT2D eigenvalue weighted by Gasteiger charge is 2.28. The number of nitrogens with two attached hydrogens (primary N) is 1. The van der Waals surface area contributed by atoms with E-state index in [0.717, 1.165) is 11.1 Å². The molecule has 1 aliphatic rings. The molecule has 8 heteroatoms. The van der Waals surface area contributed by atoms with Crippen LogP contribution in [0.2, 0.25) is 0 Å². The zero-order chi connectivity index (χ0) is 17.5. The van der Waals surface area contributed by atoms with Gasteiger partial charge in [0.15, 0.2) is 17.5 Å². The summed E-state index contributed by atoms with van der Waals surface area (Å²) in [6.07, 6.45) is 4.17. The molecule has 3 N–H and O–H groups in total. The maximum absolute atomic E-state index is 14.1. The lowest BCUT2D eigenvalue weighted by atomic mass is 9.93. The Morgan fingerprint density at radius 3 is 2.54 bits per heavy atom. The fourth-order valence-corrected chi connectivity index (χ4v) is 3.50. The standard InChI is InChI=1S/C16H13F3N2O2S/c17-11-8-12(18)15(16(14(11)19)24(20,22)23)21-13-7-3-5-9-4-1-2-6-10(9)13/h1-4,6-8,13,21H,5H2,(H2,20,22,23)/t13-/m0/s1. The number of anilines is 1. The van der Waals surface area contributed by atoms with Crippen LogP contribution in [0, 0.1) is 17.5 Å². The molecule has 3 rings (SSSR count). The van der Waals surface area contributed by atoms with E-state index < -0.39 is 44.1 Å². The number of benzene rings is 2. The third-order valence-electron chi connectivity index (χ3n) is 3.77. The second-order valence-electron chi connectivity index (χ2n) is 5.36. The topological polar surface area (TPSA) is 72.2 Å². The summed E-state index contributed by atoms with van der Waals surface area (Å²) in [5.74, 6) is -4.58. The summed E-state index contributed by atoms with van der Waals surface area (Å²) in [4.78, 5) is -1.23. The smallest absolute Gasteiger partial charge is 0.243 e. The Morgan fingerprint density at radius 1 is 1.12 bits per heavy atom. The molecule has 4 nitrogen and oxygen atoms in total. The molecule has 0 heterocycles. The van der Waals surface area contributed by atoms with Gasteiger partial charge in [-0.25, -0.2) is 26.7 Å². The molecule has 0 fully saturated rings. The van der Waals surface area contributed by atoms with Gasteiger partial charge in [-0.3, -0.25) is 0 Å². The van der Waals surface area contributed by atoms with E-state index in [-0.39, 0.29) is 6.07 Å². The molecule has 0 bridgehead atoms. The molecule has 2 aromatic carbocycles. The molecule has 0 saturated heterocycles. The molecule has 0 radical (unpaired) electrons. The van der Waals surface area contributed by atoms with Crippen LogP contribution < -0.4 is 10.5 Å². The number of sulfonamides is 1. The van der Waals surface area contributed by atoms with Crippen LogP contribution >= 0.6 is 0 Å². The van der Waals surface area contributed by atoms with E-state index in [1.165, 1.54) is 0 Å². The molecular weight excluding hydrogens is 341 g/mol. The molecule has 126 valence electrons. The second kappa shape index (κ2) is 5.95. The van der Waals surface area contributed by atoms with Crippen LogP contribution in [0.15, 0.2) is 47.4 Å². The predicted molar refractivity (Wildman–Crippen MR) is 83.3 cm³/mol. The molecule has 0 saturated carbocycles. The van der Waals surface area contributed by atoms with Gasteiger partial charge in [-0.2, -0.15) is 0 Å². The zero-order valence-corrected chi connectivity index (χ0v) is 13.1. The summed E-state index contributed by atoms with van der Waals surface area (Å²) >= 11 is 0. The van der Waals surface area contributed by atoms with Crippen molar-refractivity contribution >= 4 is 15.7 Å². The highest BCUT2D eigenvalue weighted by atomic mass is 32.2. The molecule has 0 aliphatic heterocycles. The van der Waals surface area contributed by atoms with E-state index >= 15 is 0 Å². The van der Waals surface area contributed by atoms with Gasteiger partial charge < -0.3 is 5.32 Å². The van der Waals surface area contributed by atoms with Crippen LogP contribution in [0.4, 0.5) is 18.9 Å². The Balaban J connectivity index is 2.13. The van der Waals surface area contributed by atoms with Crippen molar-refractivity contribution in [2.45, 2.75) is 17.4 Å². The molecule has 0 aromatic heterocycles. The summed E-state index contributed by atoms with van der Waals surface area (Å²) in [5.41, 5.74) is 1.05. The molecule has 1 atom stereocenters. The lowest BCUT2D eigenvalue weighted by Crippen LogP contribution is -2.21. The third kappa shape index (κ3) is 2.90. The Labute approximate surface area is 136 Å². The fraction of sp³-hybridized carbons (Fsp3) is 0.125. The lowest BCUT2D eigenvalue weighted by molar-refractivity contribution is 0.472. The van der Waals surface area contributed by atoms with Gasteiger partial charge in [0.05, 0.1) is 11.7 Å². The average Bonchev–Trinajstić information content (AvgIpc) is 2.51. The first-order valence-corrected chi connectivity index (χ1v) is 8.55. The number of halogens is 3. The van der Waals surface area contributed by atoms with Crippen molar-refractivity contribution in [3.63, 3.8) is 0 Å². The first kappa shape index (κ1) is 16.5. The van der Waals surface area contributed by atoms with Crippen molar-refractivity contribution in [3.8, 4) is 0 Å². The quantitative estimate of drug-likeness (QED) is 0.657. The van der Waals surface area contributed by atoms with Gasteiger partial charge in [-0.1, -0.05) is 36.4 Å². The molecule has 0 spiro atoms. The Morgan fingerprint density at radius 2 is 1.83 bits per heavy atom. The van der Waals surface area contributed by atoms with E-state index in [1.54, 1.807) is 18.2 Å². The maximum atomic E-state index is 14.1. The number of primary sulfonamides is 1. The molecule has 2 aromatic rings. The SMILES string of the molecule is NS(=O)(=O)c1c(F)c(F)cc(F)c1N[C@H]1C=CCc2ccccc21. The van der Waals surface area contributed by atoms with Gasteiger partial charge in [-0.15, -0.1) is 0 Å². The minimum absolute atomic E-state index is 0.283. The average molecular weight is 354 g/mol. The highest BCUT2D eigenvalue weighted by Crippen LogP contribution is 2.34. The van der Waals surface area contributed by atoms with E-state index in [4.69, 9.17) is 5.14 Å². The minimum Gasteiger partial charge on any atom is -0.371 e. The van der Waals surface area contributed by atoms with Crippen LogP contribution in [0.5, 0.6) is 0 Å². The summed E-state index contributed by atoms with van der Waals surface area (Å²) in [5, 5.41) is 7.56. The molecular formula is C16H13F3N2O2S. The van der Waals surface area contributed by atoms with Gasteiger partial charge >= 0.3 is 0 Å². The van der Waals surface area contributed by atoms with Crippen LogP contribution in [-0.2, 0) is 16.4 Å². The third-order valence-corrected chi connectivity index (χ3v) is 4.72. The van der Waals surface area contributed by atoms with Crippen molar-refractivity contribution in [1.82, 2.24) is 0 Å². The maximum Gasteiger partial charge on any atom is 0.243 e. The first-order chi connectivity index (χ1) is 11.3. The molecule has 0 amide bonds. The van der Waals surface area contributed by atoms with Crippen LogP contribution in [0.1, 0.15) is 17.2 Å². The van der Waals surface area contributed by atoms with E-state index in [0.29, 0.717) is 6.42 Å². The number of rotatable bonds is 3. The Bertz CT molecular complexity index is 943. The van der Waals surface area contributed by atoms with Crippen molar-refractivity contribution in [3.05, 3.63) is 71.1 Å². The minimum atomic E-state index is -4.68. The molecule has 0 unspecified atom stereocenters. The van der Waals surface area contributed by atoms with E-state index in [2.05, 4.69) is 5.32 Å². The lowest BCUT2D eigenvalue weighted by Gasteiger charge is -2.24. The van der Waals surface area contributed by atoms with Crippen molar-refractivity contribution in [1.29, 1.82) is 0 Å². The number of hydrogen-bond acceptors (Lipinski definition) is 3.